The zero-order chi connectivity index (χ0) is 17.7. The third-order valence-corrected chi connectivity index (χ3v) is 3.96. The SMILES string of the molecule is COCCCN(Cc1ccccc1)C[C@@H](O)COCc1ccccc1. The molecule has 0 amide bonds. The fourth-order valence-corrected chi connectivity index (χ4v) is 2.75. The van der Waals surface area contributed by atoms with Gasteiger partial charge in [-0.3, -0.25) is 4.90 Å². The van der Waals surface area contributed by atoms with Crippen molar-refractivity contribution in [3.05, 3.63) is 71.8 Å². The molecule has 0 aliphatic carbocycles. The van der Waals surface area contributed by atoms with E-state index < -0.39 is 6.10 Å². The van der Waals surface area contributed by atoms with E-state index in [1.54, 1.807) is 7.11 Å². The summed E-state index contributed by atoms with van der Waals surface area (Å²) in [5, 5.41) is 10.3. The van der Waals surface area contributed by atoms with Crippen molar-refractivity contribution in [2.75, 3.05) is 33.4 Å². The van der Waals surface area contributed by atoms with Gasteiger partial charge in [-0.25, -0.2) is 0 Å². The lowest BCUT2D eigenvalue weighted by Gasteiger charge is -2.25. The van der Waals surface area contributed by atoms with Crippen molar-refractivity contribution in [1.82, 2.24) is 4.90 Å². The van der Waals surface area contributed by atoms with Gasteiger partial charge < -0.3 is 14.6 Å². The van der Waals surface area contributed by atoms with Crippen LogP contribution in [0.4, 0.5) is 0 Å². The van der Waals surface area contributed by atoms with Crippen LogP contribution in [-0.2, 0) is 22.6 Å². The van der Waals surface area contributed by atoms with E-state index in [0.717, 1.165) is 31.7 Å². The summed E-state index contributed by atoms with van der Waals surface area (Å²) in [4.78, 5) is 2.25. The Morgan fingerprint density at radius 2 is 1.60 bits per heavy atom. The van der Waals surface area contributed by atoms with Crippen LogP contribution in [0, 0.1) is 0 Å². The standard InChI is InChI=1S/C21H29NO3/c1-24-14-8-13-22(15-19-9-4-2-5-10-19)16-21(23)18-25-17-20-11-6-3-7-12-20/h2-7,9-12,21,23H,8,13-18H2,1H3/t21-/m1/s1. The highest BCUT2D eigenvalue weighted by Crippen LogP contribution is 2.07. The molecule has 2 aromatic rings. The van der Waals surface area contributed by atoms with Gasteiger partial charge in [-0.1, -0.05) is 60.7 Å². The van der Waals surface area contributed by atoms with Gasteiger partial charge >= 0.3 is 0 Å². The first-order valence-corrected chi connectivity index (χ1v) is 8.83. The summed E-state index contributed by atoms with van der Waals surface area (Å²) >= 11 is 0. The third kappa shape index (κ3) is 8.27. The number of ether oxygens (including phenoxy) is 2. The van der Waals surface area contributed by atoms with Crippen molar-refractivity contribution >= 4 is 0 Å². The van der Waals surface area contributed by atoms with E-state index in [9.17, 15) is 5.11 Å². The maximum atomic E-state index is 10.3. The zero-order valence-electron chi connectivity index (χ0n) is 15.0. The Bertz CT molecular complexity index is 562. The predicted molar refractivity (Wildman–Crippen MR) is 100 cm³/mol. The van der Waals surface area contributed by atoms with Gasteiger partial charge in [0.15, 0.2) is 0 Å². The molecule has 0 aliphatic rings. The Kier molecular flexibility index (Phi) is 9.23. The van der Waals surface area contributed by atoms with Crippen molar-refractivity contribution in [2.24, 2.45) is 0 Å². The maximum absolute atomic E-state index is 10.3. The first kappa shape index (κ1) is 19.6. The molecule has 0 saturated carbocycles. The van der Waals surface area contributed by atoms with E-state index in [4.69, 9.17) is 9.47 Å². The van der Waals surface area contributed by atoms with Crippen LogP contribution >= 0.6 is 0 Å². The number of aliphatic hydroxyl groups is 1. The topological polar surface area (TPSA) is 41.9 Å². The molecule has 4 nitrogen and oxygen atoms in total. The van der Waals surface area contributed by atoms with Crippen LogP contribution in [0.1, 0.15) is 17.5 Å². The van der Waals surface area contributed by atoms with Crippen molar-refractivity contribution < 1.29 is 14.6 Å². The minimum absolute atomic E-state index is 0.338. The average molecular weight is 343 g/mol. The van der Waals surface area contributed by atoms with E-state index in [-0.39, 0.29) is 0 Å². The molecule has 0 spiro atoms. The molecule has 0 unspecified atom stereocenters. The molecule has 136 valence electrons. The quantitative estimate of drug-likeness (QED) is 0.601. The number of rotatable bonds is 12. The molecule has 4 heteroatoms. The molecule has 0 saturated heterocycles. The van der Waals surface area contributed by atoms with Crippen LogP contribution in [0.15, 0.2) is 60.7 Å². The van der Waals surface area contributed by atoms with Gasteiger partial charge in [0.2, 0.25) is 0 Å². The molecule has 1 N–H and O–H groups in total. The fraction of sp³-hybridized carbons (Fsp3) is 0.429. The van der Waals surface area contributed by atoms with E-state index >= 15 is 0 Å². The summed E-state index contributed by atoms with van der Waals surface area (Å²) in [6, 6.07) is 20.4. The second-order valence-corrected chi connectivity index (χ2v) is 6.22. The van der Waals surface area contributed by atoms with E-state index in [1.165, 1.54) is 5.56 Å². The number of hydrogen-bond donors (Lipinski definition) is 1. The molecule has 2 rings (SSSR count). The largest absolute Gasteiger partial charge is 0.389 e. The molecule has 0 bridgehead atoms. The lowest BCUT2D eigenvalue weighted by Crippen LogP contribution is -2.35. The maximum Gasteiger partial charge on any atom is 0.0900 e. The average Bonchev–Trinajstić information content (AvgIpc) is 2.63. The van der Waals surface area contributed by atoms with Gasteiger partial charge in [-0.2, -0.15) is 0 Å². The normalized spacial score (nSPS) is 12.4. The Labute approximate surface area is 151 Å². The Morgan fingerprint density at radius 3 is 2.24 bits per heavy atom. The molecule has 0 aromatic heterocycles. The molecule has 0 radical (unpaired) electrons. The summed E-state index contributed by atoms with van der Waals surface area (Å²) in [6.07, 6.45) is 0.441. The van der Waals surface area contributed by atoms with Crippen molar-refractivity contribution in [2.45, 2.75) is 25.7 Å². The van der Waals surface area contributed by atoms with E-state index in [2.05, 4.69) is 17.0 Å². The lowest BCUT2D eigenvalue weighted by molar-refractivity contribution is 0.00739. The van der Waals surface area contributed by atoms with Crippen LogP contribution in [-0.4, -0.2) is 49.5 Å². The summed E-state index contributed by atoms with van der Waals surface area (Å²) in [7, 11) is 1.72. The van der Waals surface area contributed by atoms with Crippen molar-refractivity contribution in [1.29, 1.82) is 0 Å². The molecule has 25 heavy (non-hydrogen) atoms. The van der Waals surface area contributed by atoms with Gasteiger partial charge in [0.1, 0.15) is 0 Å². The monoisotopic (exact) mass is 343 g/mol. The first-order chi connectivity index (χ1) is 12.3. The highest BCUT2D eigenvalue weighted by molar-refractivity contribution is 5.14. The number of aliphatic hydroxyl groups excluding tert-OH is 1. The number of methoxy groups -OCH3 is 1. The summed E-state index contributed by atoms with van der Waals surface area (Å²) in [6.45, 7) is 3.89. The smallest absolute Gasteiger partial charge is 0.0900 e. The van der Waals surface area contributed by atoms with Gasteiger partial charge in [0.25, 0.3) is 0 Å². The molecule has 0 aliphatic heterocycles. The van der Waals surface area contributed by atoms with Crippen LogP contribution in [0.2, 0.25) is 0 Å². The van der Waals surface area contributed by atoms with Crippen molar-refractivity contribution in [3.8, 4) is 0 Å². The molecule has 2 aromatic carbocycles. The first-order valence-electron chi connectivity index (χ1n) is 8.83. The zero-order valence-corrected chi connectivity index (χ0v) is 15.0. The van der Waals surface area contributed by atoms with Gasteiger partial charge in [0.05, 0.1) is 19.3 Å². The van der Waals surface area contributed by atoms with Crippen LogP contribution in [0.3, 0.4) is 0 Å². The number of benzene rings is 2. The second kappa shape index (κ2) is 11.8. The minimum atomic E-state index is -0.505. The highest BCUT2D eigenvalue weighted by Gasteiger charge is 2.12. The second-order valence-electron chi connectivity index (χ2n) is 6.22. The molecular formula is C21H29NO3. The van der Waals surface area contributed by atoms with Gasteiger partial charge in [0, 0.05) is 33.4 Å². The van der Waals surface area contributed by atoms with Crippen LogP contribution < -0.4 is 0 Å². The van der Waals surface area contributed by atoms with E-state index in [1.807, 2.05) is 48.5 Å². The molecule has 1 atom stereocenters. The Balaban J connectivity index is 1.77. The Hall–Kier alpha value is -1.72. The van der Waals surface area contributed by atoms with Gasteiger partial charge in [-0.05, 0) is 17.5 Å². The summed E-state index contributed by atoms with van der Waals surface area (Å²) in [5.41, 5.74) is 2.37. The van der Waals surface area contributed by atoms with Gasteiger partial charge in [-0.15, -0.1) is 0 Å². The molecule has 0 heterocycles. The van der Waals surface area contributed by atoms with Crippen LogP contribution in [0.5, 0.6) is 0 Å². The Morgan fingerprint density at radius 1 is 0.960 bits per heavy atom. The van der Waals surface area contributed by atoms with Crippen molar-refractivity contribution in [3.63, 3.8) is 0 Å². The summed E-state index contributed by atoms with van der Waals surface area (Å²) in [5.74, 6) is 0. The van der Waals surface area contributed by atoms with Crippen LogP contribution in [0.25, 0.3) is 0 Å². The third-order valence-electron chi connectivity index (χ3n) is 3.96. The number of nitrogens with zero attached hydrogens (tertiary/aromatic N) is 1. The fourth-order valence-electron chi connectivity index (χ4n) is 2.75. The van der Waals surface area contributed by atoms with E-state index in [0.29, 0.717) is 19.8 Å². The number of hydrogen-bond acceptors (Lipinski definition) is 4. The molecular weight excluding hydrogens is 314 g/mol. The summed E-state index contributed by atoms with van der Waals surface area (Å²) < 4.78 is 10.8. The predicted octanol–water partition coefficient (Wildman–Crippen LogP) is 3.10. The highest BCUT2D eigenvalue weighted by atomic mass is 16.5. The lowest BCUT2D eigenvalue weighted by atomic mass is 10.2. The molecule has 0 fully saturated rings. The minimum Gasteiger partial charge on any atom is -0.389 e.